The molecule has 0 aliphatic carbocycles. The molecule has 1 aliphatic heterocycles. The minimum Gasteiger partial charge on any atom is -0.377 e. The molecule has 0 bridgehead atoms. The number of benzene rings is 1. The minimum absolute atomic E-state index is 0.137. The highest BCUT2D eigenvalue weighted by Crippen LogP contribution is 2.29. The van der Waals surface area contributed by atoms with E-state index in [0.29, 0.717) is 11.4 Å². The van der Waals surface area contributed by atoms with E-state index in [-0.39, 0.29) is 18.6 Å². The lowest BCUT2D eigenvalue weighted by atomic mass is 10.2. The highest BCUT2D eigenvalue weighted by atomic mass is 16.5. The molecule has 1 unspecified atom stereocenters. The van der Waals surface area contributed by atoms with Crippen molar-refractivity contribution in [3.8, 4) is 11.8 Å². The van der Waals surface area contributed by atoms with Crippen LogP contribution in [0.5, 0.6) is 0 Å². The normalized spacial score (nSPS) is 16.5. The molecule has 0 radical (unpaired) electrons. The summed E-state index contributed by atoms with van der Waals surface area (Å²) in [6.45, 7) is 5.66. The predicted molar refractivity (Wildman–Crippen MR) is 105 cm³/mol. The maximum absolute atomic E-state index is 12.7. The van der Waals surface area contributed by atoms with Crippen molar-refractivity contribution in [2.24, 2.45) is 0 Å². The molecule has 0 spiro atoms. The van der Waals surface area contributed by atoms with Crippen LogP contribution in [0.15, 0.2) is 30.3 Å². The number of hydrogen-bond acceptors (Lipinski definition) is 4. The van der Waals surface area contributed by atoms with Gasteiger partial charge in [-0.3, -0.25) is 14.3 Å². The standard InChI is InChI=1S/C21H26N4O2/c1-15-16(2)25(17-8-5-4-6-9-17)21(19(15)12-22)23-20(26)14-24(3)13-18-10-7-11-27-18/h4-6,8-9,18H,7,10-11,13-14H2,1-3H3,(H,23,26). The van der Waals surface area contributed by atoms with Gasteiger partial charge in [0.25, 0.3) is 0 Å². The summed E-state index contributed by atoms with van der Waals surface area (Å²) in [6, 6.07) is 12.0. The van der Waals surface area contributed by atoms with Gasteiger partial charge in [-0.05, 0) is 51.4 Å². The molecule has 1 atom stereocenters. The van der Waals surface area contributed by atoms with Crippen molar-refractivity contribution in [1.29, 1.82) is 5.26 Å². The van der Waals surface area contributed by atoms with E-state index in [1.807, 2.05) is 60.7 Å². The van der Waals surface area contributed by atoms with Gasteiger partial charge in [-0.1, -0.05) is 18.2 Å². The number of nitriles is 1. The number of ether oxygens (including phenoxy) is 1. The van der Waals surface area contributed by atoms with Gasteiger partial charge in [0.05, 0.1) is 18.2 Å². The van der Waals surface area contributed by atoms with Crippen LogP contribution >= 0.6 is 0 Å². The fraction of sp³-hybridized carbons (Fsp3) is 0.429. The summed E-state index contributed by atoms with van der Waals surface area (Å²) in [5, 5.41) is 12.6. The molecular weight excluding hydrogens is 340 g/mol. The van der Waals surface area contributed by atoms with Crippen molar-refractivity contribution >= 4 is 11.7 Å². The molecule has 1 aromatic heterocycles. The molecule has 6 nitrogen and oxygen atoms in total. The number of amides is 1. The first-order valence-corrected chi connectivity index (χ1v) is 9.28. The Morgan fingerprint density at radius 1 is 1.37 bits per heavy atom. The zero-order valence-electron chi connectivity index (χ0n) is 16.2. The highest BCUT2D eigenvalue weighted by molar-refractivity contribution is 5.93. The van der Waals surface area contributed by atoms with Crippen LogP contribution in [-0.2, 0) is 9.53 Å². The third kappa shape index (κ3) is 4.21. The summed E-state index contributed by atoms with van der Waals surface area (Å²) in [7, 11) is 1.92. The summed E-state index contributed by atoms with van der Waals surface area (Å²) in [5.41, 5.74) is 3.25. The Hall–Kier alpha value is -2.62. The Kier molecular flexibility index (Phi) is 5.94. The van der Waals surface area contributed by atoms with Crippen LogP contribution in [0.25, 0.3) is 5.69 Å². The smallest absolute Gasteiger partial charge is 0.239 e. The Balaban J connectivity index is 1.80. The van der Waals surface area contributed by atoms with Crippen molar-refractivity contribution in [3.05, 3.63) is 47.2 Å². The van der Waals surface area contributed by atoms with Crippen LogP contribution < -0.4 is 5.32 Å². The van der Waals surface area contributed by atoms with Gasteiger partial charge in [-0.25, -0.2) is 0 Å². The van der Waals surface area contributed by atoms with Gasteiger partial charge in [0.2, 0.25) is 5.91 Å². The van der Waals surface area contributed by atoms with Crippen molar-refractivity contribution < 1.29 is 9.53 Å². The molecule has 3 rings (SSSR count). The molecule has 1 amide bonds. The molecule has 6 heteroatoms. The highest BCUT2D eigenvalue weighted by Gasteiger charge is 2.22. The number of carbonyl (C=O) groups is 1. The molecule has 2 heterocycles. The summed E-state index contributed by atoms with van der Waals surface area (Å²) < 4.78 is 7.57. The van der Waals surface area contributed by atoms with Crippen molar-refractivity contribution in [1.82, 2.24) is 9.47 Å². The summed E-state index contributed by atoms with van der Waals surface area (Å²) in [4.78, 5) is 14.6. The minimum atomic E-state index is -0.137. The van der Waals surface area contributed by atoms with Gasteiger partial charge in [0.1, 0.15) is 11.9 Å². The van der Waals surface area contributed by atoms with E-state index in [0.717, 1.165) is 42.9 Å². The summed E-state index contributed by atoms with van der Waals surface area (Å²) in [5.74, 6) is 0.399. The van der Waals surface area contributed by atoms with E-state index in [1.54, 1.807) is 0 Å². The Bertz CT molecular complexity index is 845. The van der Waals surface area contributed by atoms with Crippen LogP contribution in [0, 0.1) is 25.2 Å². The molecule has 1 aromatic carbocycles. The summed E-state index contributed by atoms with van der Waals surface area (Å²) in [6.07, 6.45) is 2.33. The number of nitrogens with one attached hydrogen (secondary N) is 1. The third-order valence-corrected chi connectivity index (χ3v) is 5.05. The number of carbonyl (C=O) groups excluding carboxylic acids is 1. The predicted octanol–water partition coefficient (Wildman–Crippen LogP) is 3.02. The maximum Gasteiger partial charge on any atom is 0.239 e. The largest absolute Gasteiger partial charge is 0.377 e. The molecular formula is C21H26N4O2. The average Bonchev–Trinajstić information content (AvgIpc) is 3.22. The zero-order valence-corrected chi connectivity index (χ0v) is 16.2. The number of rotatable bonds is 6. The van der Waals surface area contributed by atoms with Gasteiger partial charge in [-0.2, -0.15) is 5.26 Å². The molecule has 27 heavy (non-hydrogen) atoms. The van der Waals surface area contributed by atoms with E-state index < -0.39 is 0 Å². The molecule has 0 saturated carbocycles. The third-order valence-electron chi connectivity index (χ3n) is 5.05. The van der Waals surface area contributed by atoms with E-state index in [4.69, 9.17) is 4.74 Å². The zero-order chi connectivity index (χ0) is 19.4. The molecule has 1 saturated heterocycles. The average molecular weight is 366 g/mol. The number of nitrogens with zero attached hydrogens (tertiary/aromatic N) is 3. The quantitative estimate of drug-likeness (QED) is 0.853. The number of aromatic nitrogens is 1. The fourth-order valence-corrected chi connectivity index (χ4v) is 3.58. The van der Waals surface area contributed by atoms with Crippen LogP contribution in [0.1, 0.15) is 29.7 Å². The Morgan fingerprint density at radius 2 is 2.11 bits per heavy atom. The van der Waals surface area contributed by atoms with Crippen LogP contribution in [-0.4, -0.2) is 48.2 Å². The first-order valence-electron chi connectivity index (χ1n) is 9.28. The lowest BCUT2D eigenvalue weighted by molar-refractivity contribution is -0.117. The van der Waals surface area contributed by atoms with E-state index in [2.05, 4.69) is 11.4 Å². The number of para-hydroxylation sites is 1. The second-order valence-electron chi connectivity index (χ2n) is 7.10. The van der Waals surface area contributed by atoms with Gasteiger partial charge in [-0.15, -0.1) is 0 Å². The lowest BCUT2D eigenvalue weighted by Crippen LogP contribution is -2.35. The van der Waals surface area contributed by atoms with Crippen LogP contribution in [0.4, 0.5) is 5.82 Å². The summed E-state index contributed by atoms with van der Waals surface area (Å²) >= 11 is 0. The first kappa shape index (κ1) is 19.2. The molecule has 142 valence electrons. The number of hydrogen-bond donors (Lipinski definition) is 1. The number of anilines is 1. The Labute approximate surface area is 160 Å². The molecule has 1 aliphatic rings. The molecule has 1 N–H and O–H groups in total. The van der Waals surface area contributed by atoms with Crippen LogP contribution in [0.3, 0.4) is 0 Å². The Morgan fingerprint density at radius 3 is 2.74 bits per heavy atom. The second-order valence-corrected chi connectivity index (χ2v) is 7.10. The number of likely N-dealkylation sites (N-methyl/N-ethyl adjacent to an activating group) is 1. The molecule has 1 fully saturated rings. The van der Waals surface area contributed by atoms with Crippen molar-refractivity contribution in [3.63, 3.8) is 0 Å². The van der Waals surface area contributed by atoms with Crippen LogP contribution in [0.2, 0.25) is 0 Å². The monoisotopic (exact) mass is 366 g/mol. The maximum atomic E-state index is 12.7. The van der Waals surface area contributed by atoms with Gasteiger partial charge >= 0.3 is 0 Å². The van der Waals surface area contributed by atoms with Gasteiger partial charge < -0.3 is 10.1 Å². The lowest BCUT2D eigenvalue weighted by Gasteiger charge is -2.20. The topological polar surface area (TPSA) is 70.3 Å². The van der Waals surface area contributed by atoms with Gasteiger partial charge in [0, 0.05) is 24.5 Å². The first-order chi connectivity index (χ1) is 13.0. The van der Waals surface area contributed by atoms with Crippen molar-refractivity contribution in [2.75, 3.05) is 32.1 Å². The van der Waals surface area contributed by atoms with Gasteiger partial charge in [0.15, 0.2) is 0 Å². The fourth-order valence-electron chi connectivity index (χ4n) is 3.58. The van der Waals surface area contributed by atoms with E-state index in [1.165, 1.54) is 0 Å². The molecule has 2 aromatic rings. The van der Waals surface area contributed by atoms with E-state index in [9.17, 15) is 10.1 Å². The SMILES string of the molecule is Cc1c(C#N)c(NC(=O)CN(C)CC2CCCO2)n(-c2ccccc2)c1C. The van der Waals surface area contributed by atoms with E-state index >= 15 is 0 Å². The second kappa shape index (κ2) is 8.38. The van der Waals surface area contributed by atoms with Crippen molar-refractivity contribution in [2.45, 2.75) is 32.8 Å².